The van der Waals surface area contributed by atoms with Gasteiger partial charge in [-0.2, -0.15) is 0 Å². The lowest BCUT2D eigenvalue weighted by Gasteiger charge is -2.27. The summed E-state index contributed by atoms with van der Waals surface area (Å²) < 4.78 is 13.3. The molecule has 0 radical (unpaired) electrons. The van der Waals surface area contributed by atoms with E-state index in [4.69, 9.17) is 15.4 Å². The Morgan fingerprint density at radius 2 is 0.897 bits per heavy atom. The molecule has 11 rings (SSSR count). The first-order valence-corrected chi connectivity index (χ1v) is 19.4. The maximum absolute atomic E-state index is 8.16. The van der Waals surface area contributed by atoms with E-state index in [1.807, 2.05) is 18.2 Å². The highest BCUT2D eigenvalue weighted by Gasteiger charge is 2.22. The van der Waals surface area contributed by atoms with Gasteiger partial charge >= 0.3 is 0 Å². The molecule has 9 aromatic carbocycles. The zero-order chi connectivity index (χ0) is 38.9. The molecule has 0 saturated carbocycles. The molecule has 0 amide bonds. The second-order valence-electron chi connectivity index (χ2n) is 15.0. The Hall–Kier alpha value is -7.81. The first-order chi connectivity index (χ1) is 28.5. The van der Waals surface area contributed by atoms with Crippen molar-refractivity contribution in [1.29, 1.82) is 0 Å². The van der Waals surface area contributed by atoms with Crippen LogP contribution in [0.2, 0.25) is 0 Å². The van der Waals surface area contributed by atoms with Crippen LogP contribution in [-0.2, 0) is 0 Å². The summed E-state index contributed by atoms with van der Waals surface area (Å²) in [6, 6.07) is 61.5. The molecular weight excluding hydrogens is 711 g/mol. The Morgan fingerprint density at radius 1 is 0.414 bits per heavy atom. The quantitative estimate of drug-likeness (QED) is 0.159. The van der Waals surface area contributed by atoms with Crippen LogP contribution in [0.15, 0.2) is 185 Å². The van der Waals surface area contributed by atoms with Crippen LogP contribution in [0.3, 0.4) is 0 Å². The van der Waals surface area contributed by atoms with E-state index in [2.05, 4.69) is 186 Å². The predicted octanol–water partition coefficient (Wildman–Crippen LogP) is 15.9. The summed E-state index contributed by atoms with van der Waals surface area (Å²) in [4.78, 5) is 8.53. The van der Waals surface area contributed by atoms with E-state index in [1.165, 1.54) is 11.1 Å². The Balaban J connectivity index is 1.09. The molecule has 0 aliphatic rings. The van der Waals surface area contributed by atoms with Gasteiger partial charge in [0, 0.05) is 55.7 Å². The number of nitrogens with zero attached hydrogens (tertiary/aromatic N) is 3. The van der Waals surface area contributed by atoms with Crippen LogP contribution in [0.25, 0.3) is 70.3 Å². The summed E-state index contributed by atoms with van der Waals surface area (Å²) in [6.45, 7) is 12.5. The highest BCUT2D eigenvalue weighted by Crippen LogP contribution is 2.47. The Kier molecular flexibility index (Phi) is 7.60. The van der Waals surface area contributed by atoms with Gasteiger partial charge in [-0.05, 0) is 138 Å². The van der Waals surface area contributed by atoms with Crippen molar-refractivity contribution in [3.63, 3.8) is 0 Å². The molecule has 5 nitrogen and oxygen atoms in total. The molecule has 0 fully saturated rings. The van der Waals surface area contributed by atoms with Gasteiger partial charge in [0.2, 0.25) is 5.69 Å². The molecule has 0 saturated heterocycles. The Morgan fingerprint density at radius 3 is 1.41 bits per heavy atom. The molecule has 0 N–H and O–H groups in total. The number of benzene rings is 9. The summed E-state index contributed by atoms with van der Waals surface area (Å²) >= 11 is 0. The highest BCUT2D eigenvalue weighted by molar-refractivity contribution is 6.30. The normalized spacial score (nSPS) is 11.6. The lowest BCUT2D eigenvalue weighted by molar-refractivity contribution is 0.665. The number of para-hydroxylation sites is 4. The van der Waals surface area contributed by atoms with Crippen molar-refractivity contribution in [3.8, 4) is 0 Å². The van der Waals surface area contributed by atoms with Gasteiger partial charge in [0.25, 0.3) is 0 Å². The van der Waals surface area contributed by atoms with Crippen LogP contribution in [0.1, 0.15) is 11.1 Å². The van der Waals surface area contributed by atoms with E-state index >= 15 is 0 Å². The molecule has 2 aromatic heterocycles. The fourth-order valence-corrected chi connectivity index (χ4v) is 8.65. The van der Waals surface area contributed by atoms with Crippen molar-refractivity contribution in [2.45, 2.75) is 13.8 Å². The standard InChI is InChI=1S/C53H35N3O2/c1-33-14-10-12-20-46(33)55(39-16-6-4-7-17-39)41-24-22-35-28-43-48(30-37(35)26-41)57-50-32-45(54-3)53-52(51(43)50)44-29-36-23-25-42(27-38(36)31-49(44)58-53)56(40-18-8-5-9-19-40)47-21-13-11-15-34(47)2/h4-32H,1-2H3. The second-order valence-corrected chi connectivity index (χ2v) is 15.0. The van der Waals surface area contributed by atoms with Crippen molar-refractivity contribution in [2.75, 3.05) is 9.80 Å². The third kappa shape index (κ3) is 5.31. The smallest absolute Gasteiger partial charge is 0.233 e. The molecule has 0 bridgehead atoms. The first-order valence-electron chi connectivity index (χ1n) is 19.4. The van der Waals surface area contributed by atoms with E-state index in [0.717, 1.165) is 88.4 Å². The van der Waals surface area contributed by atoms with Crippen molar-refractivity contribution in [3.05, 3.63) is 198 Å². The van der Waals surface area contributed by atoms with E-state index in [-0.39, 0.29) is 0 Å². The topological polar surface area (TPSA) is 37.1 Å². The molecule has 5 heteroatoms. The maximum atomic E-state index is 8.16. The van der Waals surface area contributed by atoms with E-state index < -0.39 is 0 Å². The third-order valence-electron chi connectivity index (χ3n) is 11.4. The van der Waals surface area contributed by atoms with Gasteiger partial charge < -0.3 is 18.6 Å². The summed E-state index contributed by atoms with van der Waals surface area (Å²) in [5.41, 5.74) is 12.1. The number of rotatable bonds is 6. The SMILES string of the molecule is [C-]#[N+]c1cc2oc3cc4cc(N(c5ccccc5)c5ccccc5C)ccc4cc3c2c2c1oc1cc3cc(N(c4ccccc4)c4ccccc4C)ccc3cc12. The molecular formula is C53H35N3O2. The first kappa shape index (κ1) is 33.5. The van der Waals surface area contributed by atoms with Gasteiger partial charge in [0.15, 0.2) is 0 Å². The average Bonchev–Trinajstić information content (AvgIpc) is 3.80. The second kappa shape index (κ2) is 13.2. The van der Waals surface area contributed by atoms with Gasteiger partial charge in [0.05, 0.1) is 6.57 Å². The van der Waals surface area contributed by atoms with Gasteiger partial charge in [-0.25, -0.2) is 4.85 Å². The number of fused-ring (bicyclic) bond motifs is 9. The monoisotopic (exact) mass is 745 g/mol. The summed E-state index contributed by atoms with van der Waals surface area (Å²) in [5.74, 6) is 0. The third-order valence-corrected chi connectivity index (χ3v) is 11.4. The predicted molar refractivity (Wildman–Crippen MR) is 241 cm³/mol. The summed E-state index contributed by atoms with van der Waals surface area (Å²) in [7, 11) is 0. The lowest BCUT2D eigenvalue weighted by atomic mass is 9.99. The van der Waals surface area contributed by atoms with Crippen LogP contribution in [0.4, 0.5) is 39.8 Å². The highest BCUT2D eigenvalue weighted by atomic mass is 16.3. The molecule has 0 aliphatic carbocycles. The summed E-state index contributed by atoms with van der Waals surface area (Å²) in [6.07, 6.45) is 0. The van der Waals surface area contributed by atoms with Crippen molar-refractivity contribution in [1.82, 2.24) is 0 Å². The van der Waals surface area contributed by atoms with Crippen molar-refractivity contribution in [2.24, 2.45) is 0 Å². The van der Waals surface area contributed by atoms with Crippen molar-refractivity contribution >= 4 is 105 Å². The zero-order valence-corrected chi connectivity index (χ0v) is 31.9. The molecule has 274 valence electrons. The lowest BCUT2D eigenvalue weighted by Crippen LogP contribution is -2.11. The number of hydrogen-bond donors (Lipinski definition) is 0. The molecule has 0 aliphatic heterocycles. The van der Waals surface area contributed by atoms with Crippen LogP contribution in [0, 0.1) is 20.4 Å². The van der Waals surface area contributed by atoms with Crippen molar-refractivity contribution < 1.29 is 8.83 Å². The number of hydrogen-bond acceptors (Lipinski definition) is 4. The maximum Gasteiger partial charge on any atom is 0.233 e. The minimum atomic E-state index is 0.431. The zero-order valence-electron chi connectivity index (χ0n) is 31.9. The Bertz CT molecular complexity index is 3450. The largest absolute Gasteiger partial charge is 0.467 e. The molecule has 0 unspecified atom stereocenters. The number of aryl methyl sites for hydroxylation is 2. The molecule has 2 heterocycles. The van der Waals surface area contributed by atoms with Crippen LogP contribution in [-0.4, -0.2) is 0 Å². The van der Waals surface area contributed by atoms with Gasteiger partial charge in [0.1, 0.15) is 22.3 Å². The summed E-state index contributed by atoms with van der Waals surface area (Å²) in [5, 5.41) is 8.10. The Labute approximate surface area is 335 Å². The molecule has 0 atom stereocenters. The molecule has 11 aromatic rings. The number of anilines is 6. The van der Waals surface area contributed by atoms with E-state index in [9.17, 15) is 0 Å². The van der Waals surface area contributed by atoms with Crippen LogP contribution >= 0.6 is 0 Å². The van der Waals surface area contributed by atoms with Gasteiger partial charge in [-0.3, -0.25) is 0 Å². The minimum absolute atomic E-state index is 0.431. The van der Waals surface area contributed by atoms with Crippen LogP contribution < -0.4 is 9.80 Å². The minimum Gasteiger partial charge on any atom is -0.467 e. The molecule has 58 heavy (non-hydrogen) atoms. The average molecular weight is 746 g/mol. The molecule has 0 spiro atoms. The van der Waals surface area contributed by atoms with E-state index in [0.29, 0.717) is 16.9 Å². The fraction of sp³-hybridized carbons (Fsp3) is 0.0377. The van der Waals surface area contributed by atoms with E-state index in [1.54, 1.807) is 0 Å². The number of furan rings is 2. The van der Waals surface area contributed by atoms with Crippen LogP contribution in [0.5, 0.6) is 0 Å². The van der Waals surface area contributed by atoms with Gasteiger partial charge in [-0.15, -0.1) is 0 Å². The fourth-order valence-electron chi connectivity index (χ4n) is 8.65. The van der Waals surface area contributed by atoms with Gasteiger partial charge in [-0.1, -0.05) is 84.9 Å².